The second kappa shape index (κ2) is 9.54. The molecule has 3 rings (SSSR count). The lowest BCUT2D eigenvalue weighted by atomic mass is 10.1. The van der Waals surface area contributed by atoms with Crippen LogP contribution in [0.2, 0.25) is 0 Å². The quantitative estimate of drug-likeness (QED) is 0.296. The number of aromatic amines is 1. The van der Waals surface area contributed by atoms with Crippen LogP contribution in [0.4, 0.5) is 0 Å². The minimum Gasteiger partial charge on any atom is -0.496 e. The molecule has 0 bridgehead atoms. The van der Waals surface area contributed by atoms with E-state index in [0.717, 1.165) is 0 Å². The largest absolute Gasteiger partial charge is 0.496 e. The molecule has 2 aromatic rings. The number of nitrogens with one attached hydrogen (secondary N) is 4. The molecule has 1 aromatic heterocycles. The zero-order chi connectivity index (χ0) is 22.6. The van der Waals surface area contributed by atoms with Crippen LogP contribution in [0.3, 0.4) is 0 Å². The normalized spacial score (nSPS) is 16.4. The highest BCUT2D eigenvalue weighted by Gasteiger charge is 2.32. The number of benzene rings is 1. The third-order valence-corrected chi connectivity index (χ3v) is 6.79. The molecule has 1 fully saturated rings. The summed E-state index contributed by atoms with van der Waals surface area (Å²) >= 11 is 5.50. The monoisotopic (exact) mass is 471 g/mol. The summed E-state index contributed by atoms with van der Waals surface area (Å²) in [4.78, 5) is 39.4. The smallest absolute Gasteiger partial charge is 0.268 e. The Bertz CT molecular complexity index is 1100. The first-order chi connectivity index (χ1) is 14.7. The summed E-state index contributed by atoms with van der Waals surface area (Å²) in [6, 6.07) is 6.88. The van der Waals surface area contributed by atoms with Crippen LogP contribution in [-0.2, 0) is 19.6 Å². The Kier molecular flexibility index (Phi) is 7.03. The van der Waals surface area contributed by atoms with Crippen LogP contribution >= 0.6 is 11.6 Å². The number of nitrogens with zero attached hydrogens (tertiary/aromatic N) is 1. The van der Waals surface area contributed by atoms with Crippen molar-refractivity contribution in [2.24, 2.45) is 5.92 Å². The summed E-state index contributed by atoms with van der Waals surface area (Å²) in [5.41, 5.74) is 3.10. The number of rotatable bonds is 9. The average molecular weight is 472 g/mol. The van der Waals surface area contributed by atoms with E-state index < -0.39 is 39.5 Å². The summed E-state index contributed by atoms with van der Waals surface area (Å²) in [7, 11) is -2.51. The first kappa shape index (κ1) is 22.8. The van der Waals surface area contributed by atoms with Gasteiger partial charge in [-0.2, -0.15) is 0 Å². The third-order valence-electron chi connectivity index (χ3n) is 4.77. The number of alkyl halides is 1. The predicted octanol–water partition coefficient (Wildman–Crippen LogP) is -0.0983. The van der Waals surface area contributed by atoms with Crippen molar-refractivity contribution >= 4 is 50.2 Å². The van der Waals surface area contributed by atoms with E-state index in [-0.39, 0.29) is 18.1 Å². The predicted molar refractivity (Wildman–Crippen MR) is 113 cm³/mol. The molecule has 1 aromatic carbocycles. The maximum Gasteiger partial charge on any atom is 0.268 e. The van der Waals surface area contributed by atoms with Crippen LogP contribution in [0.5, 0.6) is 5.75 Å². The van der Waals surface area contributed by atoms with E-state index in [4.69, 9.17) is 16.3 Å². The van der Waals surface area contributed by atoms with Gasteiger partial charge >= 0.3 is 0 Å². The lowest BCUT2D eigenvalue weighted by Crippen LogP contribution is -2.52. The molecule has 3 amide bonds. The highest BCUT2D eigenvalue weighted by molar-refractivity contribution is 7.90. The number of carbonyl (C=O) groups is 3. The number of hydrogen-bond donors (Lipinski definition) is 4. The molecule has 31 heavy (non-hydrogen) atoms. The van der Waals surface area contributed by atoms with E-state index >= 15 is 0 Å². The lowest BCUT2D eigenvalue weighted by Gasteiger charge is -2.23. The molecule has 1 atom stereocenters. The number of carbonyl (C=O) groups excluding carboxylic acids is 3. The van der Waals surface area contributed by atoms with Gasteiger partial charge in [0.25, 0.3) is 11.8 Å². The first-order valence-electron chi connectivity index (χ1n) is 9.32. The fraction of sp³-hybridized carbons (Fsp3) is 0.389. The number of H-pyrrole nitrogens is 1. The van der Waals surface area contributed by atoms with Gasteiger partial charge in [-0.05, 0) is 24.6 Å². The molecule has 0 unspecified atom stereocenters. The van der Waals surface area contributed by atoms with Crippen molar-refractivity contribution in [3.8, 4) is 5.75 Å². The maximum atomic E-state index is 12.4. The van der Waals surface area contributed by atoms with E-state index in [2.05, 4.69) is 21.0 Å². The van der Waals surface area contributed by atoms with Crippen LogP contribution in [0.25, 0.3) is 10.9 Å². The Morgan fingerprint density at radius 3 is 2.77 bits per heavy atom. The second-order valence-corrected chi connectivity index (χ2v) is 9.33. The van der Waals surface area contributed by atoms with Crippen LogP contribution in [-0.4, -0.2) is 67.5 Å². The summed E-state index contributed by atoms with van der Waals surface area (Å²) < 4.78 is 30.3. The van der Waals surface area contributed by atoms with E-state index in [1.165, 1.54) is 7.11 Å². The molecule has 0 radical (unpaired) electrons. The number of fused-ring (bicyclic) bond motifs is 1. The zero-order valence-corrected chi connectivity index (χ0v) is 18.2. The van der Waals surface area contributed by atoms with Gasteiger partial charge in [0.05, 0.1) is 19.6 Å². The highest BCUT2D eigenvalue weighted by atomic mass is 35.5. The van der Waals surface area contributed by atoms with Gasteiger partial charge in [0, 0.05) is 24.0 Å². The van der Waals surface area contributed by atoms with Gasteiger partial charge in [-0.1, -0.05) is 6.07 Å². The molecule has 0 aliphatic carbocycles. The minimum absolute atomic E-state index is 0.208. The first-order valence-corrected chi connectivity index (χ1v) is 11.5. The Hall–Kier alpha value is -2.83. The maximum absolute atomic E-state index is 12.4. The average Bonchev–Trinajstić information content (AvgIpc) is 3.37. The topological polar surface area (TPSA) is 150 Å². The standard InChI is InChI=1S/C18H22ClN5O6S/c1-30-15-4-2-3-13-12(15)7-14(22-13)18(27)21-8-16(25)23-24(31(28,29)10-19)9-11-5-6-20-17(11)26/h2-4,7,11,22H,5-6,8-10H2,1H3,(H,20,26)(H,21,27)(H,23,25)/t11-/m0/s1. The van der Waals surface area contributed by atoms with Gasteiger partial charge in [0.15, 0.2) is 0 Å². The van der Waals surface area contributed by atoms with E-state index in [1.54, 1.807) is 24.3 Å². The van der Waals surface area contributed by atoms with Crippen molar-refractivity contribution in [3.05, 3.63) is 30.0 Å². The van der Waals surface area contributed by atoms with E-state index in [0.29, 0.717) is 34.0 Å². The molecule has 1 aliphatic rings. The van der Waals surface area contributed by atoms with Crippen LogP contribution in [0, 0.1) is 5.92 Å². The van der Waals surface area contributed by atoms with Crippen molar-refractivity contribution in [1.82, 2.24) is 25.5 Å². The van der Waals surface area contributed by atoms with Gasteiger partial charge in [-0.25, -0.2) is 8.42 Å². The molecule has 168 valence electrons. The Morgan fingerprint density at radius 2 is 2.13 bits per heavy atom. The molecule has 0 spiro atoms. The van der Waals surface area contributed by atoms with Crippen LogP contribution < -0.4 is 20.8 Å². The minimum atomic E-state index is -4.03. The molecule has 11 nitrogen and oxygen atoms in total. The van der Waals surface area contributed by atoms with Crippen LogP contribution in [0.1, 0.15) is 16.9 Å². The van der Waals surface area contributed by atoms with Gasteiger partial charge < -0.3 is 20.4 Å². The van der Waals surface area contributed by atoms with Gasteiger partial charge in [0.2, 0.25) is 15.9 Å². The number of hydrogen-bond acceptors (Lipinski definition) is 6. The number of halogens is 1. The Labute approximate surface area is 183 Å². The van der Waals surface area contributed by atoms with Crippen molar-refractivity contribution in [3.63, 3.8) is 0 Å². The molecule has 4 N–H and O–H groups in total. The number of sulfonamides is 1. The lowest BCUT2D eigenvalue weighted by molar-refractivity contribution is -0.126. The summed E-state index contributed by atoms with van der Waals surface area (Å²) in [6.45, 7) is -0.309. The number of hydrazine groups is 1. The third kappa shape index (κ3) is 5.27. The Balaban J connectivity index is 1.63. The van der Waals surface area contributed by atoms with Gasteiger partial charge in [-0.3, -0.25) is 19.8 Å². The van der Waals surface area contributed by atoms with Gasteiger partial charge in [0.1, 0.15) is 16.7 Å². The SMILES string of the molecule is COc1cccc2[nH]c(C(=O)NCC(=O)NN(C[C@@H]3CCNC3=O)S(=O)(=O)CCl)cc12. The number of ether oxygens (including phenoxy) is 1. The molecule has 1 saturated heterocycles. The summed E-state index contributed by atoms with van der Waals surface area (Å²) in [6.07, 6.45) is 0.434. The molecular formula is C18H22ClN5O6S. The van der Waals surface area contributed by atoms with E-state index in [1.807, 2.05) is 0 Å². The van der Waals surface area contributed by atoms with Crippen LogP contribution in [0.15, 0.2) is 24.3 Å². The Morgan fingerprint density at radius 1 is 1.35 bits per heavy atom. The summed E-state index contributed by atoms with van der Waals surface area (Å²) in [5.74, 6) is -1.66. The number of aromatic nitrogens is 1. The van der Waals surface area contributed by atoms with E-state index in [9.17, 15) is 22.8 Å². The molecule has 13 heteroatoms. The number of methoxy groups -OCH3 is 1. The van der Waals surface area contributed by atoms with Crippen molar-refractivity contribution in [1.29, 1.82) is 0 Å². The van der Waals surface area contributed by atoms with Gasteiger partial charge in [-0.15, -0.1) is 16.0 Å². The number of amides is 3. The zero-order valence-electron chi connectivity index (χ0n) is 16.6. The van der Waals surface area contributed by atoms with Crippen molar-refractivity contribution in [2.75, 3.05) is 32.0 Å². The summed E-state index contributed by atoms with van der Waals surface area (Å²) in [5, 5.41) is 4.95. The van der Waals surface area contributed by atoms with Crippen molar-refractivity contribution < 1.29 is 27.5 Å². The fourth-order valence-corrected chi connectivity index (χ4v) is 4.29. The molecule has 0 saturated carbocycles. The highest BCUT2D eigenvalue weighted by Crippen LogP contribution is 2.25. The second-order valence-electron chi connectivity index (χ2n) is 6.85. The molecular weight excluding hydrogens is 450 g/mol. The van der Waals surface area contributed by atoms with Crippen molar-refractivity contribution in [2.45, 2.75) is 6.42 Å². The molecule has 1 aliphatic heterocycles. The fourth-order valence-electron chi connectivity index (χ4n) is 3.17. The molecule has 2 heterocycles.